The SMILES string of the molecule is CCOC(=O)c1cn(CCN2CCCC2)c2nc(NCc3ccc(OC)c(OC)c3)nn2c1=O. The number of nitrogens with one attached hydrogen (secondary N) is 1. The molecule has 0 atom stereocenters. The normalized spacial score (nSPS) is 13.9. The predicted octanol–water partition coefficient (Wildman–Crippen LogP) is 1.79. The zero-order valence-corrected chi connectivity index (χ0v) is 19.7. The minimum absolute atomic E-state index is 0.0629. The Kier molecular flexibility index (Phi) is 7.31. The number of aromatic nitrogens is 4. The average Bonchev–Trinajstić information content (AvgIpc) is 3.52. The second-order valence-corrected chi connectivity index (χ2v) is 8.00. The summed E-state index contributed by atoms with van der Waals surface area (Å²) in [5, 5.41) is 7.48. The highest BCUT2D eigenvalue weighted by Gasteiger charge is 2.20. The number of anilines is 1. The van der Waals surface area contributed by atoms with E-state index in [1.165, 1.54) is 19.0 Å². The lowest BCUT2D eigenvalue weighted by Crippen LogP contribution is -2.30. The van der Waals surface area contributed by atoms with E-state index in [4.69, 9.17) is 14.2 Å². The van der Waals surface area contributed by atoms with Gasteiger partial charge in [0.15, 0.2) is 11.5 Å². The van der Waals surface area contributed by atoms with Crippen molar-refractivity contribution in [3.05, 3.63) is 45.9 Å². The summed E-state index contributed by atoms with van der Waals surface area (Å²) in [6.07, 6.45) is 3.89. The van der Waals surface area contributed by atoms with Gasteiger partial charge in [0.2, 0.25) is 11.7 Å². The number of nitrogens with zero attached hydrogens (tertiary/aromatic N) is 5. The van der Waals surface area contributed by atoms with Gasteiger partial charge < -0.3 is 29.0 Å². The molecule has 0 unspecified atom stereocenters. The van der Waals surface area contributed by atoms with Crippen LogP contribution in [-0.4, -0.2) is 70.5 Å². The van der Waals surface area contributed by atoms with Crippen LogP contribution in [0.1, 0.15) is 35.7 Å². The van der Waals surface area contributed by atoms with Gasteiger partial charge in [0.1, 0.15) is 5.56 Å². The first-order valence-corrected chi connectivity index (χ1v) is 11.4. The van der Waals surface area contributed by atoms with Crippen LogP contribution in [0.25, 0.3) is 5.78 Å². The Bertz CT molecular complexity index is 1210. The van der Waals surface area contributed by atoms with Crippen LogP contribution < -0.4 is 20.3 Å². The predicted molar refractivity (Wildman–Crippen MR) is 126 cm³/mol. The van der Waals surface area contributed by atoms with E-state index in [1.54, 1.807) is 25.7 Å². The molecule has 34 heavy (non-hydrogen) atoms. The van der Waals surface area contributed by atoms with Gasteiger partial charge in [-0.1, -0.05) is 6.07 Å². The molecule has 4 rings (SSSR count). The van der Waals surface area contributed by atoms with Crippen molar-refractivity contribution in [1.82, 2.24) is 24.1 Å². The molecule has 3 aromatic rings. The van der Waals surface area contributed by atoms with Crippen LogP contribution in [0.2, 0.25) is 0 Å². The van der Waals surface area contributed by atoms with Gasteiger partial charge in [0, 0.05) is 25.8 Å². The number of hydrogen-bond donors (Lipinski definition) is 1. The van der Waals surface area contributed by atoms with Crippen molar-refractivity contribution < 1.29 is 19.0 Å². The molecular formula is C23H30N6O5. The molecule has 0 radical (unpaired) electrons. The Morgan fingerprint density at radius 1 is 1.12 bits per heavy atom. The van der Waals surface area contributed by atoms with Crippen LogP contribution in [0.3, 0.4) is 0 Å². The van der Waals surface area contributed by atoms with E-state index in [0.717, 1.165) is 29.7 Å². The molecule has 1 aliphatic rings. The first-order valence-electron chi connectivity index (χ1n) is 11.4. The van der Waals surface area contributed by atoms with Crippen molar-refractivity contribution in [2.45, 2.75) is 32.9 Å². The molecule has 0 saturated carbocycles. The summed E-state index contributed by atoms with van der Waals surface area (Å²) >= 11 is 0. The Labute approximate surface area is 197 Å². The lowest BCUT2D eigenvalue weighted by atomic mass is 10.2. The molecule has 1 saturated heterocycles. The standard InChI is InChI=1S/C23H30N6O5/c1-4-34-21(31)17-15-28(12-11-27-9-5-6-10-27)23-25-22(26-29(23)20(17)30)24-14-16-7-8-18(32-2)19(13-16)33-3/h7-8,13,15H,4-6,9-12,14H2,1-3H3,(H,24,26). The van der Waals surface area contributed by atoms with Crippen molar-refractivity contribution in [3.63, 3.8) is 0 Å². The van der Waals surface area contributed by atoms with E-state index >= 15 is 0 Å². The fourth-order valence-corrected chi connectivity index (χ4v) is 4.02. The number of fused-ring (bicyclic) bond motifs is 1. The molecular weight excluding hydrogens is 440 g/mol. The fourth-order valence-electron chi connectivity index (χ4n) is 4.02. The number of rotatable bonds is 10. The van der Waals surface area contributed by atoms with Crippen LogP contribution in [0.4, 0.5) is 5.95 Å². The van der Waals surface area contributed by atoms with E-state index in [2.05, 4.69) is 20.3 Å². The van der Waals surface area contributed by atoms with Crippen molar-refractivity contribution in [2.75, 3.05) is 45.8 Å². The Morgan fingerprint density at radius 3 is 2.59 bits per heavy atom. The highest BCUT2D eigenvalue weighted by molar-refractivity contribution is 5.88. The van der Waals surface area contributed by atoms with Gasteiger partial charge in [-0.15, -0.1) is 5.10 Å². The van der Waals surface area contributed by atoms with Crippen LogP contribution >= 0.6 is 0 Å². The number of esters is 1. The second-order valence-electron chi connectivity index (χ2n) is 8.00. The van der Waals surface area contributed by atoms with Crippen LogP contribution in [0, 0.1) is 0 Å². The maximum absolute atomic E-state index is 13.0. The number of ether oxygens (including phenoxy) is 3. The minimum atomic E-state index is -0.667. The summed E-state index contributed by atoms with van der Waals surface area (Å²) in [4.78, 5) is 32.3. The van der Waals surface area contributed by atoms with E-state index < -0.39 is 11.5 Å². The third kappa shape index (κ3) is 4.98. The highest BCUT2D eigenvalue weighted by atomic mass is 16.5. The van der Waals surface area contributed by atoms with Gasteiger partial charge >= 0.3 is 5.97 Å². The molecule has 0 bridgehead atoms. The molecule has 1 fully saturated rings. The molecule has 0 aliphatic carbocycles. The Morgan fingerprint density at radius 2 is 1.88 bits per heavy atom. The summed E-state index contributed by atoms with van der Waals surface area (Å²) < 4.78 is 18.7. The molecule has 182 valence electrons. The van der Waals surface area contributed by atoms with Crippen LogP contribution in [-0.2, 0) is 17.8 Å². The van der Waals surface area contributed by atoms with Crippen molar-refractivity contribution in [1.29, 1.82) is 0 Å². The molecule has 11 heteroatoms. The number of benzene rings is 1. The first kappa shape index (κ1) is 23.6. The number of methoxy groups -OCH3 is 2. The van der Waals surface area contributed by atoms with E-state index in [9.17, 15) is 9.59 Å². The number of likely N-dealkylation sites (tertiary alicyclic amines) is 1. The van der Waals surface area contributed by atoms with E-state index in [1.807, 2.05) is 18.2 Å². The van der Waals surface area contributed by atoms with Gasteiger partial charge in [-0.25, -0.2) is 4.79 Å². The summed E-state index contributed by atoms with van der Waals surface area (Å²) in [5.74, 6) is 1.23. The topological polar surface area (TPSA) is 112 Å². The zero-order chi connectivity index (χ0) is 24.1. The average molecular weight is 471 g/mol. The van der Waals surface area contributed by atoms with E-state index in [0.29, 0.717) is 30.4 Å². The highest BCUT2D eigenvalue weighted by Crippen LogP contribution is 2.27. The van der Waals surface area contributed by atoms with Crippen molar-refractivity contribution >= 4 is 17.7 Å². The van der Waals surface area contributed by atoms with Gasteiger partial charge in [0.25, 0.3) is 5.56 Å². The molecule has 0 spiro atoms. The molecule has 11 nitrogen and oxygen atoms in total. The largest absolute Gasteiger partial charge is 0.493 e. The minimum Gasteiger partial charge on any atom is -0.493 e. The van der Waals surface area contributed by atoms with Gasteiger partial charge in [-0.05, 0) is 50.6 Å². The summed E-state index contributed by atoms with van der Waals surface area (Å²) in [5.41, 5.74) is 0.303. The fraction of sp³-hybridized carbons (Fsp3) is 0.478. The third-order valence-electron chi connectivity index (χ3n) is 5.80. The lowest BCUT2D eigenvalue weighted by molar-refractivity contribution is 0.0522. The Hall–Kier alpha value is -3.60. The Balaban J connectivity index is 1.62. The van der Waals surface area contributed by atoms with Crippen LogP contribution in [0.5, 0.6) is 11.5 Å². The molecule has 2 aromatic heterocycles. The van der Waals surface area contributed by atoms with Crippen molar-refractivity contribution in [2.24, 2.45) is 0 Å². The smallest absolute Gasteiger partial charge is 0.345 e. The molecule has 1 aliphatic heterocycles. The van der Waals surface area contributed by atoms with E-state index in [-0.39, 0.29) is 18.1 Å². The summed E-state index contributed by atoms with van der Waals surface area (Å²) in [6, 6.07) is 5.58. The van der Waals surface area contributed by atoms with Crippen LogP contribution in [0.15, 0.2) is 29.2 Å². The number of hydrogen-bond acceptors (Lipinski definition) is 9. The zero-order valence-electron chi connectivity index (χ0n) is 19.7. The second kappa shape index (κ2) is 10.6. The van der Waals surface area contributed by atoms with Gasteiger partial charge in [-0.2, -0.15) is 9.50 Å². The third-order valence-corrected chi connectivity index (χ3v) is 5.80. The number of carbonyl (C=O) groups excluding carboxylic acids is 1. The summed E-state index contributed by atoms with van der Waals surface area (Å²) in [6.45, 7) is 5.75. The lowest BCUT2D eigenvalue weighted by Gasteiger charge is -2.16. The molecule has 1 aromatic carbocycles. The molecule has 3 heterocycles. The van der Waals surface area contributed by atoms with Gasteiger partial charge in [0.05, 0.1) is 20.8 Å². The maximum atomic E-state index is 13.0. The number of carbonyl (C=O) groups is 1. The monoisotopic (exact) mass is 470 g/mol. The van der Waals surface area contributed by atoms with Gasteiger partial charge in [-0.3, -0.25) is 4.79 Å². The summed E-state index contributed by atoms with van der Waals surface area (Å²) in [7, 11) is 3.16. The quantitative estimate of drug-likeness (QED) is 0.443. The first-order chi connectivity index (χ1) is 16.5. The maximum Gasteiger partial charge on any atom is 0.345 e. The molecule has 0 amide bonds. The van der Waals surface area contributed by atoms with Crippen molar-refractivity contribution in [3.8, 4) is 11.5 Å². The molecule has 1 N–H and O–H groups in total.